The van der Waals surface area contributed by atoms with Gasteiger partial charge in [0.15, 0.2) is 0 Å². The van der Waals surface area contributed by atoms with Gasteiger partial charge in [-0.05, 0) is 44.9 Å². The van der Waals surface area contributed by atoms with Gasteiger partial charge in [0, 0.05) is 30.6 Å². The lowest BCUT2D eigenvalue weighted by molar-refractivity contribution is 0.290. The number of thiophene rings is 1. The SMILES string of the molecule is CCNCc1sccc1S(=O)(=O)N1CCCN(C)CC1C. The number of sulfonamides is 1. The van der Waals surface area contributed by atoms with Crippen LogP contribution < -0.4 is 5.32 Å². The number of rotatable bonds is 5. The van der Waals surface area contributed by atoms with Crippen LogP contribution in [0.2, 0.25) is 0 Å². The van der Waals surface area contributed by atoms with Gasteiger partial charge in [-0.15, -0.1) is 11.3 Å². The van der Waals surface area contributed by atoms with E-state index >= 15 is 0 Å². The normalized spacial score (nSPS) is 22.3. The standard InChI is InChI=1S/C14H25N3O2S2/c1-4-15-10-13-14(6-9-20-13)21(18,19)17-8-5-7-16(3)11-12(17)2/h6,9,12,15H,4-5,7-8,10-11H2,1-3H3. The minimum Gasteiger partial charge on any atom is -0.312 e. The van der Waals surface area contributed by atoms with Crippen LogP contribution in [0.4, 0.5) is 0 Å². The molecular weight excluding hydrogens is 306 g/mol. The van der Waals surface area contributed by atoms with Crippen molar-refractivity contribution in [2.45, 2.75) is 37.8 Å². The monoisotopic (exact) mass is 331 g/mol. The molecule has 1 aromatic rings. The molecule has 0 bridgehead atoms. The van der Waals surface area contributed by atoms with Gasteiger partial charge in [0.05, 0.1) is 4.90 Å². The molecule has 1 unspecified atom stereocenters. The van der Waals surface area contributed by atoms with Gasteiger partial charge >= 0.3 is 0 Å². The topological polar surface area (TPSA) is 52.7 Å². The molecule has 1 fully saturated rings. The van der Waals surface area contributed by atoms with E-state index in [-0.39, 0.29) is 6.04 Å². The molecule has 0 aliphatic carbocycles. The van der Waals surface area contributed by atoms with Crippen molar-refractivity contribution in [1.29, 1.82) is 0 Å². The molecule has 0 radical (unpaired) electrons. The van der Waals surface area contributed by atoms with Crippen molar-refractivity contribution in [2.24, 2.45) is 0 Å². The molecule has 0 spiro atoms. The summed E-state index contributed by atoms with van der Waals surface area (Å²) in [5.74, 6) is 0. The summed E-state index contributed by atoms with van der Waals surface area (Å²) in [6.45, 7) is 7.80. The first-order valence-corrected chi connectivity index (χ1v) is 9.76. The van der Waals surface area contributed by atoms with Gasteiger partial charge in [-0.2, -0.15) is 4.31 Å². The first-order valence-electron chi connectivity index (χ1n) is 7.44. The van der Waals surface area contributed by atoms with E-state index < -0.39 is 10.0 Å². The summed E-state index contributed by atoms with van der Waals surface area (Å²) in [6.07, 6.45) is 0.882. The highest BCUT2D eigenvalue weighted by Gasteiger charge is 2.33. The summed E-state index contributed by atoms with van der Waals surface area (Å²) in [5.41, 5.74) is 0. The Morgan fingerprint density at radius 3 is 2.90 bits per heavy atom. The van der Waals surface area contributed by atoms with Crippen molar-refractivity contribution in [1.82, 2.24) is 14.5 Å². The van der Waals surface area contributed by atoms with Crippen molar-refractivity contribution in [3.63, 3.8) is 0 Å². The molecule has 5 nitrogen and oxygen atoms in total. The Labute approximate surface area is 132 Å². The van der Waals surface area contributed by atoms with E-state index in [1.54, 1.807) is 10.4 Å². The minimum atomic E-state index is -3.40. The van der Waals surface area contributed by atoms with Crippen LogP contribution in [0.25, 0.3) is 0 Å². The van der Waals surface area contributed by atoms with E-state index in [9.17, 15) is 8.42 Å². The Bertz CT molecular complexity index is 556. The maximum absolute atomic E-state index is 13.0. The van der Waals surface area contributed by atoms with Crippen LogP contribution in [0, 0.1) is 0 Å². The molecule has 1 atom stereocenters. The average Bonchev–Trinajstić information content (AvgIpc) is 2.82. The van der Waals surface area contributed by atoms with Gasteiger partial charge in [0.2, 0.25) is 10.0 Å². The maximum Gasteiger partial charge on any atom is 0.244 e. The number of nitrogens with zero attached hydrogens (tertiary/aromatic N) is 2. The van der Waals surface area contributed by atoms with Crippen molar-refractivity contribution >= 4 is 21.4 Å². The van der Waals surface area contributed by atoms with E-state index in [1.165, 1.54) is 11.3 Å². The van der Waals surface area contributed by atoms with Crippen LogP contribution in [0.1, 0.15) is 25.1 Å². The zero-order valence-corrected chi connectivity index (χ0v) is 14.6. The highest BCUT2D eigenvalue weighted by atomic mass is 32.2. The van der Waals surface area contributed by atoms with Gasteiger partial charge < -0.3 is 10.2 Å². The van der Waals surface area contributed by atoms with Crippen LogP contribution >= 0.6 is 11.3 Å². The Kier molecular flexibility index (Phi) is 5.79. The van der Waals surface area contributed by atoms with Crippen molar-refractivity contribution in [3.05, 3.63) is 16.3 Å². The molecule has 2 rings (SSSR count). The molecule has 0 amide bonds. The second-order valence-corrected chi connectivity index (χ2v) is 8.43. The van der Waals surface area contributed by atoms with E-state index in [4.69, 9.17) is 0 Å². The molecule has 120 valence electrons. The van der Waals surface area contributed by atoms with Crippen LogP contribution in [-0.2, 0) is 16.6 Å². The van der Waals surface area contributed by atoms with E-state index in [2.05, 4.69) is 10.2 Å². The summed E-state index contributed by atoms with van der Waals surface area (Å²) < 4.78 is 27.7. The molecule has 2 heterocycles. The lowest BCUT2D eigenvalue weighted by Crippen LogP contribution is -2.42. The first kappa shape index (κ1) is 16.9. The molecule has 1 aromatic heterocycles. The molecular formula is C14H25N3O2S2. The van der Waals surface area contributed by atoms with Gasteiger partial charge in [0.1, 0.15) is 0 Å². The largest absolute Gasteiger partial charge is 0.312 e. The fourth-order valence-electron chi connectivity index (χ4n) is 2.76. The quantitative estimate of drug-likeness (QED) is 0.890. The Morgan fingerprint density at radius 1 is 1.43 bits per heavy atom. The van der Waals surface area contributed by atoms with Crippen molar-refractivity contribution in [3.8, 4) is 0 Å². The third-order valence-corrected chi connectivity index (χ3v) is 6.96. The third kappa shape index (κ3) is 3.84. The zero-order chi connectivity index (χ0) is 15.5. The predicted octanol–water partition coefficient (Wildman–Crippen LogP) is 1.57. The molecule has 7 heteroatoms. The van der Waals surface area contributed by atoms with E-state index in [1.807, 2.05) is 26.3 Å². The summed E-state index contributed by atoms with van der Waals surface area (Å²) in [7, 11) is -1.35. The third-order valence-electron chi connectivity index (χ3n) is 3.81. The number of nitrogens with one attached hydrogen (secondary N) is 1. The summed E-state index contributed by atoms with van der Waals surface area (Å²) >= 11 is 1.51. The second kappa shape index (κ2) is 7.19. The Balaban J connectivity index is 2.26. The second-order valence-electron chi connectivity index (χ2n) is 5.57. The average molecular weight is 332 g/mol. The maximum atomic E-state index is 13.0. The molecule has 1 aliphatic rings. The smallest absolute Gasteiger partial charge is 0.244 e. The predicted molar refractivity (Wildman–Crippen MR) is 87.2 cm³/mol. The molecule has 1 saturated heterocycles. The number of likely N-dealkylation sites (N-methyl/N-ethyl adjacent to an activating group) is 1. The molecule has 0 saturated carbocycles. The summed E-state index contributed by atoms with van der Waals surface area (Å²) in [6, 6.07) is 1.75. The van der Waals surface area contributed by atoms with Crippen LogP contribution in [-0.4, -0.2) is 56.9 Å². The van der Waals surface area contributed by atoms with Crippen LogP contribution in [0.3, 0.4) is 0 Å². The van der Waals surface area contributed by atoms with E-state index in [0.29, 0.717) is 18.0 Å². The highest BCUT2D eigenvalue weighted by molar-refractivity contribution is 7.89. The van der Waals surface area contributed by atoms with E-state index in [0.717, 1.165) is 30.9 Å². The number of hydrogen-bond donors (Lipinski definition) is 1. The molecule has 1 N–H and O–H groups in total. The number of hydrogen-bond acceptors (Lipinski definition) is 5. The zero-order valence-electron chi connectivity index (χ0n) is 13.0. The van der Waals surface area contributed by atoms with Crippen LogP contribution in [0.15, 0.2) is 16.3 Å². The van der Waals surface area contributed by atoms with Gasteiger partial charge in [-0.3, -0.25) is 0 Å². The minimum absolute atomic E-state index is 0.00869. The molecule has 0 aromatic carbocycles. The van der Waals surface area contributed by atoms with Crippen LogP contribution in [0.5, 0.6) is 0 Å². The summed E-state index contributed by atoms with van der Waals surface area (Å²) in [4.78, 5) is 3.58. The molecule has 21 heavy (non-hydrogen) atoms. The van der Waals surface area contributed by atoms with Crippen molar-refractivity contribution in [2.75, 3.05) is 33.2 Å². The highest BCUT2D eigenvalue weighted by Crippen LogP contribution is 2.27. The Morgan fingerprint density at radius 2 is 2.19 bits per heavy atom. The Hall–Kier alpha value is -0.470. The molecule has 1 aliphatic heterocycles. The lowest BCUT2D eigenvalue weighted by Gasteiger charge is -2.27. The fraction of sp³-hybridized carbons (Fsp3) is 0.714. The van der Waals surface area contributed by atoms with Crippen molar-refractivity contribution < 1.29 is 8.42 Å². The van der Waals surface area contributed by atoms with Gasteiger partial charge in [-0.25, -0.2) is 8.42 Å². The lowest BCUT2D eigenvalue weighted by atomic mass is 10.3. The first-order chi connectivity index (χ1) is 9.96. The fourth-order valence-corrected chi connectivity index (χ4v) is 5.81. The van der Waals surface area contributed by atoms with Gasteiger partial charge in [-0.1, -0.05) is 6.92 Å². The summed E-state index contributed by atoms with van der Waals surface area (Å²) in [5, 5.41) is 5.09. The van der Waals surface area contributed by atoms with Gasteiger partial charge in [0.25, 0.3) is 0 Å².